The molecule has 0 fully saturated rings. The number of rotatable bonds is 8. The zero-order valence-corrected chi connectivity index (χ0v) is 18.8. The fraction of sp³-hybridized carbons (Fsp3) is 0.458. The van der Waals surface area contributed by atoms with Crippen LogP contribution >= 0.6 is 0 Å². The van der Waals surface area contributed by atoms with Crippen LogP contribution in [0.4, 0.5) is 0 Å². The molecule has 1 unspecified atom stereocenters. The topological polar surface area (TPSA) is 66.2 Å². The third-order valence-corrected chi connectivity index (χ3v) is 5.70. The van der Waals surface area contributed by atoms with Crippen LogP contribution in [-0.2, 0) is 23.0 Å². The Labute approximate surface area is 178 Å². The van der Waals surface area contributed by atoms with Gasteiger partial charge in [-0.2, -0.15) is 0 Å². The van der Waals surface area contributed by atoms with Crippen molar-refractivity contribution < 1.29 is 14.3 Å². The number of nitrogens with zero attached hydrogens (tertiary/aromatic N) is 3. The molecule has 0 N–H and O–H groups in total. The molecule has 0 saturated carbocycles. The van der Waals surface area contributed by atoms with Crippen LogP contribution in [0.5, 0.6) is 5.75 Å². The summed E-state index contributed by atoms with van der Waals surface area (Å²) in [6.45, 7) is 8.55. The van der Waals surface area contributed by atoms with Crippen molar-refractivity contribution in [1.82, 2.24) is 15.0 Å². The van der Waals surface area contributed by atoms with Gasteiger partial charge >= 0.3 is 5.97 Å². The third kappa shape index (κ3) is 4.18. The Morgan fingerprint density at radius 3 is 2.63 bits per heavy atom. The minimum absolute atomic E-state index is 0.152. The van der Waals surface area contributed by atoms with E-state index in [1.54, 1.807) is 11.8 Å². The van der Waals surface area contributed by atoms with Crippen LogP contribution in [0.1, 0.15) is 60.4 Å². The van der Waals surface area contributed by atoms with Gasteiger partial charge in [-0.05, 0) is 61.1 Å². The van der Waals surface area contributed by atoms with E-state index < -0.39 is 0 Å². The molecule has 1 aromatic heterocycles. The Bertz CT molecular complexity index is 1060. The summed E-state index contributed by atoms with van der Waals surface area (Å²) in [5.41, 5.74) is 7.35. The number of aryl methyl sites for hydroxylation is 4. The van der Waals surface area contributed by atoms with Crippen LogP contribution in [0, 0.1) is 13.8 Å². The zero-order valence-electron chi connectivity index (χ0n) is 18.8. The van der Waals surface area contributed by atoms with Crippen molar-refractivity contribution in [3.05, 3.63) is 52.1 Å². The molecule has 3 aromatic rings. The predicted octanol–water partition coefficient (Wildman–Crippen LogP) is 4.63. The summed E-state index contributed by atoms with van der Waals surface area (Å²) in [4.78, 5) is 12.5. The lowest BCUT2D eigenvalue weighted by Crippen LogP contribution is -2.13. The number of hydrogen-bond donors (Lipinski definition) is 0. The maximum Gasteiger partial charge on any atom is 0.306 e. The molecule has 6 nitrogen and oxygen atoms in total. The van der Waals surface area contributed by atoms with Crippen molar-refractivity contribution in [2.45, 2.75) is 52.9 Å². The van der Waals surface area contributed by atoms with Gasteiger partial charge in [0.1, 0.15) is 16.8 Å². The Morgan fingerprint density at radius 2 is 1.97 bits per heavy atom. The van der Waals surface area contributed by atoms with Crippen LogP contribution in [0.25, 0.3) is 11.0 Å². The smallest absolute Gasteiger partial charge is 0.306 e. The number of esters is 1. The largest absolute Gasteiger partial charge is 0.494 e. The first-order valence-corrected chi connectivity index (χ1v) is 10.5. The van der Waals surface area contributed by atoms with E-state index in [2.05, 4.69) is 42.4 Å². The summed E-state index contributed by atoms with van der Waals surface area (Å²) in [6.07, 6.45) is 2.35. The molecule has 30 heavy (non-hydrogen) atoms. The minimum atomic E-state index is -0.210. The normalized spacial score (nSPS) is 12.2. The van der Waals surface area contributed by atoms with Crippen molar-refractivity contribution >= 4 is 17.0 Å². The minimum Gasteiger partial charge on any atom is -0.494 e. The summed E-state index contributed by atoms with van der Waals surface area (Å²) in [7, 11) is 3.50. The molecule has 0 aliphatic heterocycles. The van der Waals surface area contributed by atoms with E-state index in [-0.39, 0.29) is 18.3 Å². The van der Waals surface area contributed by atoms with E-state index in [1.165, 1.54) is 11.1 Å². The maximum absolute atomic E-state index is 12.5. The first-order valence-electron chi connectivity index (χ1n) is 10.5. The van der Waals surface area contributed by atoms with Gasteiger partial charge < -0.3 is 9.47 Å². The van der Waals surface area contributed by atoms with E-state index in [0.29, 0.717) is 12.4 Å². The molecule has 0 saturated heterocycles. The highest BCUT2D eigenvalue weighted by Crippen LogP contribution is 2.38. The van der Waals surface area contributed by atoms with E-state index >= 15 is 0 Å². The average Bonchev–Trinajstić information content (AvgIpc) is 3.11. The van der Waals surface area contributed by atoms with Crippen molar-refractivity contribution in [2.75, 3.05) is 13.7 Å². The summed E-state index contributed by atoms with van der Waals surface area (Å²) in [5, 5.41) is 8.53. The van der Waals surface area contributed by atoms with Crippen molar-refractivity contribution in [3.63, 3.8) is 0 Å². The molecule has 6 heteroatoms. The second kappa shape index (κ2) is 9.28. The fourth-order valence-corrected chi connectivity index (χ4v) is 4.10. The van der Waals surface area contributed by atoms with Crippen LogP contribution in [0.2, 0.25) is 0 Å². The Morgan fingerprint density at radius 1 is 1.20 bits per heavy atom. The van der Waals surface area contributed by atoms with Gasteiger partial charge in [0.2, 0.25) is 0 Å². The highest BCUT2D eigenvalue weighted by molar-refractivity contribution is 5.86. The highest BCUT2D eigenvalue weighted by Gasteiger charge is 2.25. The molecule has 160 valence electrons. The van der Waals surface area contributed by atoms with Crippen LogP contribution < -0.4 is 4.74 Å². The fourth-order valence-electron chi connectivity index (χ4n) is 4.10. The quantitative estimate of drug-likeness (QED) is 0.508. The number of aromatic nitrogens is 3. The second-order valence-electron chi connectivity index (χ2n) is 7.70. The molecule has 0 radical (unpaired) electrons. The van der Waals surface area contributed by atoms with Gasteiger partial charge in [-0.15, -0.1) is 5.10 Å². The van der Waals surface area contributed by atoms with Crippen molar-refractivity contribution in [3.8, 4) is 5.75 Å². The van der Waals surface area contributed by atoms with E-state index in [0.717, 1.165) is 40.6 Å². The number of methoxy groups -OCH3 is 1. The molecular weight excluding hydrogens is 378 g/mol. The van der Waals surface area contributed by atoms with Crippen LogP contribution in [0.3, 0.4) is 0 Å². The predicted molar refractivity (Wildman–Crippen MR) is 118 cm³/mol. The standard InChI is InChI=1S/C24H31N3O3/c1-7-9-17-12-18(11-10-15(17)3)20(14-22(28)30-8-2)19-13-21(29-6)24-23(16(19)4)25-26-27(24)5/h10-13,20H,7-9,14H2,1-6H3. The number of carbonyl (C=O) groups excluding carboxylic acids is 1. The molecule has 2 aromatic carbocycles. The maximum atomic E-state index is 12.5. The molecule has 1 atom stereocenters. The zero-order chi connectivity index (χ0) is 21.8. The highest BCUT2D eigenvalue weighted by atomic mass is 16.5. The van der Waals surface area contributed by atoms with E-state index in [4.69, 9.17) is 9.47 Å². The van der Waals surface area contributed by atoms with Gasteiger partial charge in [-0.1, -0.05) is 36.8 Å². The number of benzene rings is 2. The summed E-state index contributed by atoms with van der Waals surface area (Å²) < 4.78 is 12.7. The van der Waals surface area contributed by atoms with Crippen LogP contribution in [0.15, 0.2) is 24.3 Å². The summed E-state index contributed by atoms with van der Waals surface area (Å²) in [5.74, 6) is 0.339. The molecule has 0 aliphatic rings. The SMILES string of the molecule is CCCc1cc(C(CC(=O)OCC)c2cc(OC)c3c(nnn3C)c2C)ccc1C. The molecular formula is C24H31N3O3. The van der Waals surface area contributed by atoms with Gasteiger partial charge in [0, 0.05) is 13.0 Å². The second-order valence-corrected chi connectivity index (χ2v) is 7.70. The van der Waals surface area contributed by atoms with Gasteiger partial charge in [0.05, 0.1) is 20.1 Å². The van der Waals surface area contributed by atoms with Gasteiger partial charge in [-0.25, -0.2) is 4.68 Å². The number of carbonyl (C=O) groups is 1. The van der Waals surface area contributed by atoms with Gasteiger partial charge in [0.15, 0.2) is 0 Å². The summed E-state index contributed by atoms with van der Waals surface area (Å²) in [6, 6.07) is 8.51. The number of fused-ring (bicyclic) bond motifs is 1. The van der Waals surface area contributed by atoms with E-state index in [9.17, 15) is 4.79 Å². The molecule has 0 amide bonds. The molecule has 3 rings (SSSR count). The van der Waals surface area contributed by atoms with Crippen LogP contribution in [-0.4, -0.2) is 34.7 Å². The monoisotopic (exact) mass is 409 g/mol. The molecule has 0 aliphatic carbocycles. The molecule has 0 bridgehead atoms. The first-order chi connectivity index (χ1) is 14.4. The Hall–Kier alpha value is -2.89. The van der Waals surface area contributed by atoms with Gasteiger partial charge in [-0.3, -0.25) is 4.79 Å². The van der Waals surface area contributed by atoms with Crippen molar-refractivity contribution in [2.24, 2.45) is 7.05 Å². The van der Waals surface area contributed by atoms with E-state index in [1.807, 2.05) is 27.0 Å². The van der Waals surface area contributed by atoms with Gasteiger partial charge in [0.25, 0.3) is 0 Å². The molecule has 1 heterocycles. The number of hydrogen-bond acceptors (Lipinski definition) is 5. The summed E-state index contributed by atoms with van der Waals surface area (Å²) >= 11 is 0. The number of ether oxygens (including phenoxy) is 2. The lowest BCUT2D eigenvalue weighted by Gasteiger charge is -2.22. The average molecular weight is 410 g/mol. The Balaban J connectivity index is 2.19. The van der Waals surface area contributed by atoms with Crippen molar-refractivity contribution in [1.29, 1.82) is 0 Å². The first kappa shape index (κ1) is 21.8. The lowest BCUT2D eigenvalue weighted by atomic mass is 9.83. The third-order valence-electron chi connectivity index (χ3n) is 5.70. The lowest BCUT2D eigenvalue weighted by molar-refractivity contribution is -0.143. The molecule has 0 spiro atoms. The Kier molecular flexibility index (Phi) is 6.75.